The molecule has 1 aromatic rings. The van der Waals surface area contributed by atoms with Crippen molar-refractivity contribution in [1.82, 2.24) is 4.90 Å². The van der Waals surface area contributed by atoms with E-state index in [9.17, 15) is 0 Å². The van der Waals surface area contributed by atoms with E-state index < -0.39 is 0 Å². The SMILES string of the molecule is CCN(C)CCOc1ccc(Cl)c(Cl)c1. The Bertz CT molecular complexity index is 317. The second-order valence-corrected chi connectivity index (χ2v) is 4.13. The van der Waals surface area contributed by atoms with Crippen molar-refractivity contribution in [3.63, 3.8) is 0 Å². The van der Waals surface area contributed by atoms with E-state index in [2.05, 4.69) is 18.9 Å². The molecule has 0 saturated heterocycles. The van der Waals surface area contributed by atoms with Gasteiger partial charge >= 0.3 is 0 Å². The monoisotopic (exact) mass is 247 g/mol. The standard InChI is InChI=1S/C11H15Cl2NO/c1-3-14(2)6-7-15-9-4-5-10(12)11(13)8-9/h4-5,8H,3,6-7H2,1-2H3. The van der Waals surface area contributed by atoms with Gasteiger partial charge in [-0.2, -0.15) is 0 Å². The molecule has 2 nitrogen and oxygen atoms in total. The molecule has 0 radical (unpaired) electrons. The fourth-order valence-corrected chi connectivity index (χ4v) is 1.33. The Morgan fingerprint density at radius 3 is 2.60 bits per heavy atom. The van der Waals surface area contributed by atoms with Crippen molar-refractivity contribution in [3.8, 4) is 5.75 Å². The van der Waals surface area contributed by atoms with E-state index >= 15 is 0 Å². The smallest absolute Gasteiger partial charge is 0.120 e. The Balaban J connectivity index is 2.41. The van der Waals surface area contributed by atoms with Crippen molar-refractivity contribution in [3.05, 3.63) is 28.2 Å². The average molecular weight is 248 g/mol. The van der Waals surface area contributed by atoms with Gasteiger partial charge in [0.2, 0.25) is 0 Å². The zero-order valence-corrected chi connectivity index (χ0v) is 10.5. The molecule has 84 valence electrons. The van der Waals surface area contributed by atoms with E-state index in [4.69, 9.17) is 27.9 Å². The quantitative estimate of drug-likeness (QED) is 0.792. The fraction of sp³-hybridized carbons (Fsp3) is 0.455. The van der Waals surface area contributed by atoms with Gasteiger partial charge in [0, 0.05) is 12.6 Å². The predicted octanol–water partition coefficient (Wildman–Crippen LogP) is 3.32. The molecule has 0 aliphatic heterocycles. The van der Waals surface area contributed by atoms with Crippen LogP contribution < -0.4 is 4.74 Å². The van der Waals surface area contributed by atoms with Crippen LogP contribution in [0, 0.1) is 0 Å². The van der Waals surface area contributed by atoms with Gasteiger partial charge in [-0.25, -0.2) is 0 Å². The van der Waals surface area contributed by atoms with Crippen molar-refractivity contribution in [2.24, 2.45) is 0 Å². The Morgan fingerprint density at radius 1 is 1.27 bits per heavy atom. The maximum absolute atomic E-state index is 5.86. The summed E-state index contributed by atoms with van der Waals surface area (Å²) in [6.07, 6.45) is 0. The van der Waals surface area contributed by atoms with Crippen LogP contribution in [0.3, 0.4) is 0 Å². The van der Waals surface area contributed by atoms with E-state index in [1.165, 1.54) is 0 Å². The molecule has 15 heavy (non-hydrogen) atoms. The summed E-state index contributed by atoms with van der Waals surface area (Å²) < 4.78 is 5.53. The minimum Gasteiger partial charge on any atom is -0.492 e. The van der Waals surface area contributed by atoms with Gasteiger partial charge in [0.15, 0.2) is 0 Å². The largest absolute Gasteiger partial charge is 0.492 e. The van der Waals surface area contributed by atoms with Crippen LogP contribution >= 0.6 is 23.2 Å². The Morgan fingerprint density at radius 2 is 2.00 bits per heavy atom. The summed E-state index contributed by atoms with van der Waals surface area (Å²) in [4.78, 5) is 2.18. The second-order valence-electron chi connectivity index (χ2n) is 3.32. The van der Waals surface area contributed by atoms with E-state index in [1.54, 1.807) is 12.1 Å². The first kappa shape index (κ1) is 12.6. The first-order chi connectivity index (χ1) is 7.13. The Labute approximate surface area is 101 Å². The molecule has 0 saturated carbocycles. The summed E-state index contributed by atoms with van der Waals surface area (Å²) >= 11 is 11.7. The van der Waals surface area contributed by atoms with Crippen molar-refractivity contribution in [1.29, 1.82) is 0 Å². The highest BCUT2D eigenvalue weighted by molar-refractivity contribution is 6.42. The Kier molecular flexibility index (Phi) is 5.23. The number of hydrogen-bond acceptors (Lipinski definition) is 2. The summed E-state index contributed by atoms with van der Waals surface area (Å²) in [5.74, 6) is 0.758. The number of benzene rings is 1. The minimum absolute atomic E-state index is 0.526. The van der Waals surface area contributed by atoms with Crippen molar-refractivity contribution in [2.45, 2.75) is 6.92 Å². The lowest BCUT2D eigenvalue weighted by Gasteiger charge is -2.14. The molecule has 0 heterocycles. The highest BCUT2D eigenvalue weighted by atomic mass is 35.5. The van der Waals surface area contributed by atoms with Crippen LogP contribution in [0.5, 0.6) is 5.75 Å². The third-order valence-electron chi connectivity index (χ3n) is 2.17. The molecular weight excluding hydrogens is 233 g/mol. The molecule has 1 rings (SSSR count). The number of ether oxygens (including phenoxy) is 1. The van der Waals surface area contributed by atoms with Crippen molar-refractivity contribution >= 4 is 23.2 Å². The summed E-state index contributed by atoms with van der Waals surface area (Å²) in [5, 5.41) is 1.08. The lowest BCUT2D eigenvalue weighted by atomic mass is 10.3. The van der Waals surface area contributed by atoms with Gasteiger partial charge in [0.25, 0.3) is 0 Å². The van der Waals surface area contributed by atoms with E-state index in [1.807, 2.05) is 6.07 Å². The van der Waals surface area contributed by atoms with E-state index in [0.29, 0.717) is 16.7 Å². The predicted molar refractivity (Wildman–Crippen MR) is 65.1 cm³/mol. The molecule has 0 aliphatic carbocycles. The molecule has 0 aliphatic rings. The Hall–Kier alpha value is -0.440. The highest BCUT2D eigenvalue weighted by Crippen LogP contribution is 2.26. The molecule has 0 spiro atoms. The summed E-state index contributed by atoms with van der Waals surface area (Å²) in [7, 11) is 2.05. The fourth-order valence-electron chi connectivity index (χ4n) is 1.04. The molecule has 0 aromatic heterocycles. The number of hydrogen-bond donors (Lipinski definition) is 0. The first-order valence-corrected chi connectivity index (χ1v) is 5.65. The van der Waals surface area contributed by atoms with Crippen LogP contribution in [-0.4, -0.2) is 31.6 Å². The third-order valence-corrected chi connectivity index (χ3v) is 2.91. The minimum atomic E-state index is 0.526. The summed E-state index contributed by atoms with van der Waals surface area (Å²) in [6.45, 7) is 4.68. The van der Waals surface area contributed by atoms with Gasteiger partial charge in [0.05, 0.1) is 10.0 Å². The van der Waals surface area contributed by atoms with Gasteiger partial charge in [-0.15, -0.1) is 0 Å². The van der Waals surface area contributed by atoms with Gasteiger partial charge in [0.1, 0.15) is 12.4 Å². The zero-order valence-electron chi connectivity index (χ0n) is 8.96. The summed E-state index contributed by atoms with van der Waals surface area (Å²) in [5.41, 5.74) is 0. The van der Waals surface area contributed by atoms with Crippen LogP contribution in [0.2, 0.25) is 10.0 Å². The van der Waals surface area contributed by atoms with Crippen LogP contribution in [-0.2, 0) is 0 Å². The molecule has 1 aromatic carbocycles. The molecule has 0 amide bonds. The lowest BCUT2D eigenvalue weighted by molar-refractivity contribution is 0.244. The molecule has 0 N–H and O–H groups in total. The molecule has 4 heteroatoms. The van der Waals surface area contributed by atoms with Gasteiger partial charge in [-0.05, 0) is 25.7 Å². The zero-order chi connectivity index (χ0) is 11.3. The number of nitrogens with zero attached hydrogens (tertiary/aromatic N) is 1. The lowest BCUT2D eigenvalue weighted by Crippen LogP contribution is -2.23. The average Bonchev–Trinajstić information content (AvgIpc) is 2.23. The molecule has 0 unspecified atom stereocenters. The normalized spacial score (nSPS) is 10.7. The number of halogens is 2. The van der Waals surface area contributed by atoms with Gasteiger partial charge < -0.3 is 9.64 Å². The first-order valence-electron chi connectivity index (χ1n) is 4.90. The van der Waals surface area contributed by atoms with Crippen molar-refractivity contribution < 1.29 is 4.74 Å². The van der Waals surface area contributed by atoms with Crippen LogP contribution in [0.15, 0.2) is 18.2 Å². The van der Waals surface area contributed by atoms with E-state index in [-0.39, 0.29) is 0 Å². The van der Waals surface area contributed by atoms with Gasteiger partial charge in [-0.1, -0.05) is 30.1 Å². The maximum atomic E-state index is 5.86. The molecule has 0 fully saturated rings. The number of rotatable bonds is 5. The van der Waals surface area contributed by atoms with E-state index in [0.717, 1.165) is 18.8 Å². The topological polar surface area (TPSA) is 12.5 Å². The number of likely N-dealkylation sites (N-methyl/N-ethyl adjacent to an activating group) is 1. The molecular formula is C11H15Cl2NO. The molecule has 0 bridgehead atoms. The third kappa shape index (κ3) is 4.29. The summed E-state index contributed by atoms with van der Waals surface area (Å²) in [6, 6.07) is 5.29. The maximum Gasteiger partial charge on any atom is 0.120 e. The second kappa shape index (κ2) is 6.21. The molecule has 0 atom stereocenters. The van der Waals surface area contributed by atoms with Crippen LogP contribution in [0.25, 0.3) is 0 Å². The van der Waals surface area contributed by atoms with Crippen molar-refractivity contribution in [2.75, 3.05) is 26.7 Å². The van der Waals surface area contributed by atoms with Crippen LogP contribution in [0.1, 0.15) is 6.92 Å². The van der Waals surface area contributed by atoms with Gasteiger partial charge in [-0.3, -0.25) is 0 Å². The highest BCUT2D eigenvalue weighted by Gasteiger charge is 2.00. The van der Waals surface area contributed by atoms with Crippen LogP contribution in [0.4, 0.5) is 0 Å².